The predicted molar refractivity (Wildman–Crippen MR) is 106 cm³/mol. The molecule has 2 aliphatic heterocycles. The standard InChI is InChI=1S/C23H32O5/c1-12(2)19(25)16-14(24)11-15-17(20(16)26)18-13-7-8-22(5,6)28-23(13,27-15)10-9-21(18,3)4/h11-13,18,24,26H,7-10H2,1-6H3. The van der Waals surface area contributed by atoms with E-state index >= 15 is 0 Å². The molecule has 2 fully saturated rings. The van der Waals surface area contributed by atoms with Crippen LogP contribution in [0.3, 0.4) is 0 Å². The van der Waals surface area contributed by atoms with Gasteiger partial charge in [0.25, 0.3) is 0 Å². The van der Waals surface area contributed by atoms with E-state index < -0.39 is 5.79 Å². The lowest BCUT2D eigenvalue weighted by Crippen LogP contribution is -2.63. The number of phenolic OH excluding ortho intramolecular Hbond substituents is 2. The lowest BCUT2D eigenvalue weighted by Gasteiger charge is -2.61. The maximum Gasteiger partial charge on any atom is 0.214 e. The number of ketones is 1. The number of ether oxygens (including phenoxy) is 2. The number of aromatic hydroxyl groups is 2. The first kappa shape index (κ1) is 19.6. The highest BCUT2D eigenvalue weighted by molar-refractivity contribution is 6.03. The van der Waals surface area contributed by atoms with Crippen LogP contribution < -0.4 is 4.74 Å². The van der Waals surface area contributed by atoms with Gasteiger partial charge >= 0.3 is 0 Å². The van der Waals surface area contributed by atoms with Crippen LogP contribution in [0, 0.1) is 17.3 Å². The van der Waals surface area contributed by atoms with Crippen molar-refractivity contribution >= 4 is 5.78 Å². The second-order valence-electron chi connectivity index (χ2n) is 10.4. The van der Waals surface area contributed by atoms with Crippen LogP contribution in [0.5, 0.6) is 17.2 Å². The second-order valence-corrected chi connectivity index (χ2v) is 10.4. The van der Waals surface area contributed by atoms with Gasteiger partial charge in [-0.2, -0.15) is 0 Å². The van der Waals surface area contributed by atoms with Crippen molar-refractivity contribution in [3.05, 3.63) is 17.2 Å². The van der Waals surface area contributed by atoms with Crippen LogP contribution in [0.4, 0.5) is 0 Å². The Kier molecular flexibility index (Phi) is 4.11. The van der Waals surface area contributed by atoms with Crippen LogP contribution in [0.2, 0.25) is 0 Å². The van der Waals surface area contributed by atoms with Crippen molar-refractivity contribution in [1.82, 2.24) is 0 Å². The van der Waals surface area contributed by atoms with Crippen molar-refractivity contribution in [2.45, 2.75) is 84.5 Å². The Morgan fingerprint density at radius 2 is 1.82 bits per heavy atom. The van der Waals surface area contributed by atoms with Gasteiger partial charge in [0.2, 0.25) is 5.79 Å². The Balaban J connectivity index is 1.94. The zero-order chi connectivity index (χ0) is 20.6. The normalized spacial score (nSPS) is 32.2. The van der Waals surface area contributed by atoms with Crippen molar-refractivity contribution < 1.29 is 24.5 Å². The molecule has 1 saturated heterocycles. The number of phenols is 2. The molecular weight excluding hydrogens is 356 g/mol. The van der Waals surface area contributed by atoms with E-state index in [1.807, 2.05) is 0 Å². The summed E-state index contributed by atoms with van der Waals surface area (Å²) in [6.45, 7) is 12.1. The van der Waals surface area contributed by atoms with E-state index in [9.17, 15) is 15.0 Å². The van der Waals surface area contributed by atoms with Crippen molar-refractivity contribution in [2.75, 3.05) is 0 Å². The van der Waals surface area contributed by atoms with Crippen molar-refractivity contribution in [1.29, 1.82) is 0 Å². The first-order chi connectivity index (χ1) is 12.9. The van der Waals surface area contributed by atoms with Gasteiger partial charge in [0, 0.05) is 35.8 Å². The van der Waals surface area contributed by atoms with Gasteiger partial charge in [0.1, 0.15) is 22.8 Å². The summed E-state index contributed by atoms with van der Waals surface area (Å²) in [5.41, 5.74) is 0.320. The van der Waals surface area contributed by atoms with Gasteiger partial charge in [0.15, 0.2) is 5.78 Å². The number of carbonyl (C=O) groups is 1. The average Bonchev–Trinajstić information content (AvgIpc) is 2.56. The number of rotatable bonds is 2. The van der Waals surface area contributed by atoms with E-state index in [1.165, 1.54) is 6.07 Å². The molecular formula is C23H32O5. The fraction of sp³-hybridized carbons (Fsp3) is 0.696. The molecule has 0 spiro atoms. The molecule has 154 valence electrons. The molecule has 3 atom stereocenters. The van der Waals surface area contributed by atoms with Crippen LogP contribution >= 0.6 is 0 Å². The Bertz CT molecular complexity index is 838. The van der Waals surface area contributed by atoms with E-state index in [4.69, 9.17) is 9.47 Å². The molecule has 2 N–H and O–H groups in total. The molecule has 2 heterocycles. The fourth-order valence-corrected chi connectivity index (χ4v) is 5.66. The van der Waals surface area contributed by atoms with Crippen LogP contribution in [-0.2, 0) is 4.74 Å². The van der Waals surface area contributed by atoms with Crippen molar-refractivity contribution in [3.63, 3.8) is 0 Å². The number of benzene rings is 1. The summed E-state index contributed by atoms with van der Waals surface area (Å²) in [7, 11) is 0. The third-order valence-corrected chi connectivity index (χ3v) is 7.08. The van der Waals surface area contributed by atoms with Crippen LogP contribution in [0.15, 0.2) is 6.07 Å². The third-order valence-electron chi connectivity index (χ3n) is 7.08. The first-order valence-corrected chi connectivity index (χ1v) is 10.4. The number of hydrogen-bond acceptors (Lipinski definition) is 5. The van der Waals surface area contributed by atoms with Crippen molar-refractivity contribution in [3.8, 4) is 17.2 Å². The summed E-state index contributed by atoms with van der Waals surface area (Å²) < 4.78 is 13.0. The SMILES string of the molecule is CC(C)C(=O)c1c(O)cc2c(c1O)C1C3CCC(C)(C)OC3(CCC1(C)C)O2. The third kappa shape index (κ3) is 2.66. The summed E-state index contributed by atoms with van der Waals surface area (Å²) in [5, 5.41) is 21.7. The van der Waals surface area contributed by atoms with Gasteiger partial charge < -0.3 is 19.7 Å². The quantitative estimate of drug-likeness (QED) is 0.687. The maximum absolute atomic E-state index is 12.7. The van der Waals surface area contributed by atoms with Gasteiger partial charge in [0.05, 0.1) is 5.60 Å². The Hall–Kier alpha value is -1.75. The van der Waals surface area contributed by atoms with Gasteiger partial charge in [-0.1, -0.05) is 27.7 Å². The maximum atomic E-state index is 12.7. The molecule has 5 nitrogen and oxygen atoms in total. The van der Waals surface area contributed by atoms with Crippen LogP contribution in [0.25, 0.3) is 0 Å². The number of carbonyl (C=O) groups excluding carboxylic acids is 1. The second kappa shape index (κ2) is 5.88. The average molecular weight is 389 g/mol. The van der Waals surface area contributed by atoms with Crippen LogP contribution in [0.1, 0.15) is 89.1 Å². The monoisotopic (exact) mass is 388 g/mol. The highest BCUT2D eigenvalue weighted by atomic mass is 16.7. The zero-order valence-corrected chi connectivity index (χ0v) is 17.8. The fourth-order valence-electron chi connectivity index (χ4n) is 5.66. The highest BCUT2D eigenvalue weighted by Crippen LogP contribution is 2.66. The van der Waals surface area contributed by atoms with Gasteiger partial charge in [-0.15, -0.1) is 0 Å². The summed E-state index contributed by atoms with van der Waals surface area (Å²) in [4.78, 5) is 12.7. The molecule has 5 heteroatoms. The molecule has 2 bridgehead atoms. The summed E-state index contributed by atoms with van der Waals surface area (Å²) in [6.07, 6.45) is 3.53. The predicted octanol–water partition coefficient (Wildman–Crippen LogP) is 5.13. The number of Topliss-reactive ketones (excluding diaryl/α,β-unsaturated/α-hetero) is 1. The molecule has 1 aliphatic carbocycles. The minimum absolute atomic E-state index is 0.000382. The molecule has 1 aromatic carbocycles. The summed E-state index contributed by atoms with van der Waals surface area (Å²) >= 11 is 0. The molecule has 1 aromatic rings. The Morgan fingerprint density at radius 3 is 2.46 bits per heavy atom. The van der Waals surface area contributed by atoms with E-state index in [1.54, 1.807) is 13.8 Å². The molecule has 1 saturated carbocycles. The van der Waals surface area contributed by atoms with E-state index in [0.717, 1.165) is 25.7 Å². The Labute approximate surface area is 167 Å². The lowest BCUT2D eigenvalue weighted by atomic mass is 9.55. The van der Waals surface area contributed by atoms with Crippen molar-refractivity contribution in [2.24, 2.45) is 17.3 Å². The van der Waals surface area contributed by atoms with E-state index in [-0.39, 0.29) is 51.6 Å². The molecule has 0 amide bonds. The molecule has 4 rings (SSSR count). The summed E-state index contributed by atoms with van der Waals surface area (Å²) in [5.74, 6) is -1.11. The van der Waals surface area contributed by atoms with E-state index in [0.29, 0.717) is 11.3 Å². The molecule has 28 heavy (non-hydrogen) atoms. The van der Waals surface area contributed by atoms with Crippen LogP contribution in [-0.4, -0.2) is 27.4 Å². The lowest BCUT2D eigenvalue weighted by molar-refractivity contribution is -0.325. The van der Waals surface area contributed by atoms with Gasteiger partial charge in [-0.05, 0) is 38.5 Å². The van der Waals surface area contributed by atoms with Gasteiger partial charge in [-0.3, -0.25) is 4.79 Å². The zero-order valence-electron chi connectivity index (χ0n) is 17.8. The Morgan fingerprint density at radius 1 is 1.14 bits per heavy atom. The largest absolute Gasteiger partial charge is 0.507 e. The molecule has 3 unspecified atom stereocenters. The minimum atomic E-state index is -0.739. The number of fused-ring (bicyclic) bond motifs is 2. The first-order valence-electron chi connectivity index (χ1n) is 10.4. The molecule has 3 aliphatic rings. The molecule has 0 radical (unpaired) electrons. The topological polar surface area (TPSA) is 76.0 Å². The molecule has 0 aromatic heterocycles. The van der Waals surface area contributed by atoms with Gasteiger partial charge in [-0.25, -0.2) is 0 Å². The smallest absolute Gasteiger partial charge is 0.214 e. The number of hydrogen-bond donors (Lipinski definition) is 2. The highest BCUT2D eigenvalue weighted by Gasteiger charge is 2.63. The minimum Gasteiger partial charge on any atom is -0.507 e. The summed E-state index contributed by atoms with van der Waals surface area (Å²) in [6, 6.07) is 1.50. The van der Waals surface area contributed by atoms with E-state index in [2.05, 4.69) is 27.7 Å².